The zero-order valence-corrected chi connectivity index (χ0v) is 27.7. The van der Waals surface area contributed by atoms with Crippen LogP contribution in [0.2, 0.25) is 18.1 Å². The van der Waals surface area contributed by atoms with Crippen LogP contribution in [0.4, 0.5) is 11.4 Å². The molecule has 10 nitrogen and oxygen atoms in total. The Labute approximate surface area is 259 Å². The molecule has 3 aliphatic rings. The Morgan fingerprint density at radius 1 is 0.909 bits per heavy atom. The van der Waals surface area contributed by atoms with Gasteiger partial charge in [-0.1, -0.05) is 57.2 Å². The summed E-state index contributed by atoms with van der Waals surface area (Å²) in [7, 11) is -2.10. The lowest BCUT2D eigenvalue weighted by atomic mass is 10.1. The fraction of sp³-hybridized carbons (Fsp3) is 0.515. The highest BCUT2D eigenvalue weighted by atomic mass is 28.4. The first-order valence-corrected chi connectivity index (χ1v) is 18.3. The Balaban J connectivity index is 1.44. The third kappa shape index (κ3) is 5.67. The van der Waals surface area contributed by atoms with E-state index in [0.717, 1.165) is 11.4 Å². The van der Waals surface area contributed by atoms with Gasteiger partial charge in [-0.25, -0.2) is 4.79 Å². The van der Waals surface area contributed by atoms with E-state index in [1.54, 1.807) is 4.57 Å². The number of rotatable bonds is 7. The second-order valence-electron chi connectivity index (χ2n) is 13.9. The predicted molar refractivity (Wildman–Crippen MR) is 173 cm³/mol. The molecule has 3 saturated heterocycles. The number of hydrogen-bond acceptors (Lipinski definition) is 8. The maximum Gasteiger partial charge on any atom is 0.330 e. The number of nitrogens with zero attached hydrogens (tertiary/aromatic N) is 3. The van der Waals surface area contributed by atoms with Crippen LogP contribution in [-0.4, -0.2) is 61.7 Å². The van der Waals surface area contributed by atoms with Gasteiger partial charge in [0.2, 0.25) is 0 Å². The minimum Gasteiger partial charge on any atom is -0.414 e. The van der Waals surface area contributed by atoms with Crippen molar-refractivity contribution in [1.29, 1.82) is 0 Å². The van der Waals surface area contributed by atoms with E-state index in [4.69, 9.17) is 18.6 Å². The van der Waals surface area contributed by atoms with Crippen LogP contribution in [-0.2, 0) is 18.6 Å². The molecule has 4 heterocycles. The first-order valence-electron chi connectivity index (χ1n) is 15.4. The van der Waals surface area contributed by atoms with Crippen molar-refractivity contribution in [3.8, 4) is 0 Å². The van der Waals surface area contributed by atoms with E-state index in [0.29, 0.717) is 25.4 Å². The molecule has 0 radical (unpaired) electrons. The quantitative estimate of drug-likeness (QED) is 0.369. The highest BCUT2D eigenvalue weighted by Gasteiger charge is 2.57. The molecule has 0 amide bonds. The van der Waals surface area contributed by atoms with Crippen LogP contribution in [0.5, 0.6) is 0 Å². The van der Waals surface area contributed by atoms with E-state index >= 15 is 0 Å². The molecule has 0 aliphatic carbocycles. The molecule has 0 saturated carbocycles. The summed E-state index contributed by atoms with van der Waals surface area (Å²) in [5.41, 5.74) is 1.48. The van der Waals surface area contributed by atoms with Crippen LogP contribution < -0.4 is 21.0 Å². The fourth-order valence-corrected chi connectivity index (χ4v) is 7.23. The minimum absolute atomic E-state index is 0.0179. The summed E-state index contributed by atoms with van der Waals surface area (Å²) in [5.74, 6) is -0.877. The first-order chi connectivity index (χ1) is 20.8. The van der Waals surface area contributed by atoms with Crippen LogP contribution in [0.1, 0.15) is 52.7 Å². The standard InChI is InChI=1S/C33H44N4O6Si/c1-32(2,3)44(6,7)40-21-25-27-28(43-33(4,5)42-27)30(41-25)37-24(20-26(38)34-31(37)39)29-35(22-14-10-8-11-15-22)18-19-36(29)23-16-12-9-13-17-23/h8-17,20,25,27-30H,18-19,21H2,1-7H3,(H,34,38,39)/t25-,27-,28-,30-/m1/s1. The van der Waals surface area contributed by atoms with Crippen molar-refractivity contribution < 1.29 is 18.6 Å². The molecule has 0 unspecified atom stereocenters. The van der Waals surface area contributed by atoms with Gasteiger partial charge in [-0.3, -0.25) is 14.3 Å². The lowest BCUT2D eigenvalue weighted by Gasteiger charge is -2.37. The average molecular weight is 621 g/mol. The van der Waals surface area contributed by atoms with Crippen LogP contribution in [0, 0.1) is 0 Å². The van der Waals surface area contributed by atoms with Crippen LogP contribution in [0.15, 0.2) is 76.3 Å². The summed E-state index contributed by atoms with van der Waals surface area (Å²) < 4.78 is 27.6. The van der Waals surface area contributed by atoms with Crippen molar-refractivity contribution in [2.75, 3.05) is 29.5 Å². The summed E-state index contributed by atoms with van der Waals surface area (Å²) in [6.45, 7) is 16.4. The number of H-pyrrole nitrogens is 1. The maximum atomic E-state index is 13.9. The molecule has 3 aliphatic heterocycles. The van der Waals surface area contributed by atoms with Gasteiger partial charge >= 0.3 is 5.69 Å². The molecule has 3 aromatic rings. The average Bonchev–Trinajstić information content (AvgIpc) is 3.63. The SMILES string of the molecule is CC1(C)O[C@@H]2[C@H](O1)[C@@H](CO[Si](C)(C)C(C)(C)C)O[C@H]2n1c(C2N(c3ccccc3)CCN2c2ccccc2)cc(=O)[nH]c1=O. The van der Waals surface area contributed by atoms with E-state index in [2.05, 4.69) is 48.6 Å². The van der Waals surface area contributed by atoms with Gasteiger partial charge in [0.25, 0.3) is 5.56 Å². The van der Waals surface area contributed by atoms with Crippen molar-refractivity contribution in [2.24, 2.45) is 0 Å². The Hall–Kier alpha value is -3.22. The van der Waals surface area contributed by atoms with Gasteiger partial charge in [0.1, 0.15) is 24.5 Å². The van der Waals surface area contributed by atoms with Gasteiger partial charge in [-0.2, -0.15) is 0 Å². The Bertz CT molecular complexity index is 1540. The van der Waals surface area contributed by atoms with Crippen molar-refractivity contribution in [3.05, 3.63) is 93.3 Å². The highest BCUT2D eigenvalue weighted by Crippen LogP contribution is 2.46. The van der Waals surface area contributed by atoms with E-state index in [1.165, 1.54) is 6.07 Å². The molecule has 44 heavy (non-hydrogen) atoms. The third-order valence-electron chi connectivity index (χ3n) is 9.41. The summed E-state index contributed by atoms with van der Waals surface area (Å²) in [4.78, 5) is 33.8. The van der Waals surface area contributed by atoms with Crippen LogP contribution >= 0.6 is 0 Å². The normalized spacial score (nSPS) is 25.5. The van der Waals surface area contributed by atoms with Crippen LogP contribution in [0.25, 0.3) is 0 Å². The second-order valence-corrected chi connectivity index (χ2v) is 18.7. The zero-order chi connectivity index (χ0) is 31.4. The van der Waals surface area contributed by atoms with E-state index < -0.39 is 56.1 Å². The number of fused-ring (bicyclic) bond motifs is 1. The van der Waals surface area contributed by atoms with Crippen molar-refractivity contribution in [3.63, 3.8) is 0 Å². The lowest BCUT2D eigenvalue weighted by molar-refractivity contribution is -0.200. The summed E-state index contributed by atoms with van der Waals surface area (Å²) in [6, 6.07) is 21.6. The second kappa shape index (κ2) is 11.3. The summed E-state index contributed by atoms with van der Waals surface area (Å²) >= 11 is 0. The van der Waals surface area contributed by atoms with Gasteiger partial charge in [0, 0.05) is 30.5 Å². The zero-order valence-electron chi connectivity index (χ0n) is 26.7. The van der Waals surface area contributed by atoms with Gasteiger partial charge in [-0.15, -0.1) is 0 Å². The monoisotopic (exact) mass is 620 g/mol. The Kier molecular flexibility index (Phi) is 7.90. The molecule has 1 N–H and O–H groups in total. The number of para-hydroxylation sites is 2. The number of aromatic amines is 1. The number of aromatic nitrogens is 2. The Morgan fingerprint density at radius 3 is 2.00 bits per heavy atom. The van der Waals surface area contributed by atoms with E-state index in [9.17, 15) is 9.59 Å². The molecule has 3 fully saturated rings. The van der Waals surface area contributed by atoms with Gasteiger partial charge in [0.15, 0.2) is 20.3 Å². The molecule has 11 heteroatoms. The molecule has 1 aromatic heterocycles. The minimum atomic E-state index is -2.10. The Morgan fingerprint density at radius 2 is 1.45 bits per heavy atom. The van der Waals surface area contributed by atoms with Gasteiger partial charge < -0.3 is 28.4 Å². The molecule has 0 spiro atoms. The van der Waals surface area contributed by atoms with Crippen molar-refractivity contribution in [2.45, 2.75) is 89.2 Å². The molecule has 2 aromatic carbocycles. The van der Waals surface area contributed by atoms with Crippen molar-refractivity contribution in [1.82, 2.24) is 9.55 Å². The van der Waals surface area contributed by atoms with E-state index in [1.807, 2.05) is 74.5 Å². The molecular formula is C33H44N4O6Si. The number of ether oxygens (including phenoxy) is 3. The number of anilines is 2. The number of hydrogen-bond donors (Lipinski definition) is 1. The van der Waals surface area contributed by atoms with E-state index in [-0.39, 0.29) is 5.04 Å². The lowest BCUT2D eigenvalue weighted by Crippen LogP contribution is -2.44. The summed E-state index contributed by atoms with van der Waals surface area (Å²) in [5, 5.41) is 0.0179. The molecule has 236 valence electrons. The van der Waals surface area contributed by atoms with Crippen molar-refractivity contribution >= 4 is 19.7 Å². The van der Waals surface area contributed by atoms with Gasteiger partial charge in [-0.05, 0) is 56.2 Å². The van der Waals surface area contributed by atoms with Crippen LogP contribution in [0.3, 0.4) is 0 Å². The largest absolute Gasteiger partial charge is 0.414 e. The molecule has 6 rings (SSSR count). The number of nitrogens with one attached hydrogen (secondary N) is 1. The summed E-state index contributed by atoms with van der Waals surface area (Å²) in [6.07, 6.45) is -2.81. The smallest absolute Gasteiger partial charge is 0.330 e. The predicted octanol–water partition coefficient (Wildman–Crippen LogP) is 5.00. The van der Waals surface area contributed by atoms with Gasteiger partial charge in [0.05, 0.1) is 12.3 Å². The fourth-order valence-electron chi connectivity index (χ4n) is 6.22. The molecular weight excluding hydrogens is 576 g/mol. The third-order valence-corrected chi connectivity index (χ3v) is 13.9. The topological polar surface area (TPSA) is 98.3 Å². The maximum absolute atomic E-state index is 13.9. The number of benzene rings is 2. The molecule has 0 bridgehead atoms. The first kappa shape index (κ1) is 30.8. The molecule has 4 atom stereocenters. The highest BCUT2D eigenvalue weighted by molar-refractivity contribution is 6.74.